The lowest BCUT2D eigenvalue weighted by Crippen LogP contribution is -1.81. The van der Waals surface area contributed by atoms with Crippen molar-refractivity contribution in [3.63, 3.8) is 0 Å². The lowest BCUT2D eigenvalue weighted by atomic mass is 10.1. The van der Waals surface area contributed by atoms with Crippen LogP contribution in [0.3, 0.4) is 0 Å². The van der Waals surface area contributed by atoms with Gasteiger partial charge in [-0.15, -0.1) is 11.3 Å². The van der Waals surface area contributed by atoms with E-state index >= 15 is 0 Å². The third-order valence-corrected chi connectivity index (χ3v) is 2.95. The van der Waals surface area contributed by atoms with Crippen molar-refractivity contribution in [2.45, 2.75) is 6.42 Å². The average Bonchev–Trinajstić information content (AvgIpc) is 2.49. The Balaban J connectivity index is 2.64. The van der Waals surface area contributed by atoms with Gasteiger partial charge >= 0.3 is 0 Å². The van der Waals surface area contributed by atoms with E-state index in [1.165, 1.54) is 0 Å². The highest BCUT2D eigenvalue weighted by molar-refractivity contribution is 7.17. The highest BCUT2D eigenvalue weighted by Gasteiger charge is 2.03. The quantitative estimate of drug-likeness (QED) is 0.741. The van der Waals surface area contributed by atoms with Gasteiger partial charge < -0.3 is 9.90 Å². The molecule has 0 unspecified atom stereocenters. The molecule has 2 rings (SSSR count). The first-order valence-corrected chi connectivity index (χ1v) is 4.82. The molecule has 3 heteroatoms. The maximum absolute atomic E-state index is 10.3. The topological polar surface area (TPSA) is 37.3 Å². The molecule has 66 valence electrons. The molecule has 0 saturated heterocycles. The van der Waals surface area contributed by atoms with Crippen molar-refractivity contribution in [2.24, 2.45) is 0 Å². The van der Waals surface area contributed by atoms with Gasteiger partial charge in [-0.25, -0.2) is 0 Å². The Morgan fingerprint density at radius 1 is 1.46 bits per heavy atom. The van der Waals surface area contributed by atoms with Gasteiger partial charge in [0.2, 0.25) is 0 Å². The van der Waals surface area contributed by atoms with Crippen molar-refractivity contribution in [3.05, 3.63) is 29.1 Å². The predicted octanol–water partition coefficient (Wildman–Crippen LogP) is 2.35. The van der Waals surface area contributed by atoms with Crippen LogP contribution in [0.2, 0.25) is 0 Å². The first-order chi connectivity index (χ1) is 6.31. The lowest BCUT2D eigenvalue weighted by Gasteiger charge is -1.94. The van der Waals surface area contributed by atoms with Crippen LogP contribution in [0.15, 0.2) is 23.6 Å². The van der Waals surface area contributed by atoms with Gasteiger partial charge in [0.1, 0.15) is 12.0 Å². The Labute approximate surface area is 79.4 Å². The van der Waals surface area contributed by atoms with Crippen LogP contribution in [0.1, 0.15) is 5.56 Å². The summed E-state index contributed by atoms with van der Waals surface area (Å²) >= 11 is 1.59. The molecular formula is C10H8O2S. The van der Waals surface area contributed by atoms with Crippen molar-refractivity contribution < 1.29 is 9.90 Å². The fraction of sp³-hybridized carbons (Fsp3) is 0.100. The molecule has 1 heterocycles. The molecule has 0 bridgehead atoms. The molecule has 2 nitrogen and oxygen atoms in total. The summed E-state index contributed by atoms with van der Waals surface area (Å²) in [6.07, 6.45) is 1.30. The van der Waals surface area contributed by atoms with Crippen LogP contribution >= 0.6 is 11.3 Å². The number of aldehydes is 1. The third kappa shape index (κ3) is 1.42. The summed E-state index contributed by atoms with van der Waals surface area (Å²) in [4.78, 5) is 10.3. The Morgan fingerprint density at radius 3 is 3.08 bits per heavy atom. The van der Waals surface area contributed by atoms with Gasteiger partial charge in [0.05, 0.1) is 0 Å². The van der Waals surface area contributed by atoms with Crippen LogP contribution < -0.4 is 0 Å². The number of rotatable bonds is 2. The second-order valence-electron chi connectivity index (χ2n) is 2.81. The molecule has 0 radical (unpaired) electrons. The van der Waals surface area contributed by atoms with Crippen molar-refractivity contribution in [1.82, 2.24) is 0 Å². The number of phenolic OH excluding ortho intramolecular Hbond substituents is 1. The van der Waals surface area contributed by atoms with E-state index in [1.807, 2.05) is 11.4 Å². The van der Waals surface area contributed by atoms with Crippen molar-refractivity contribution >= 4 is 27.7 Å². The average molecular weight is 192 g/mol. The summed E-state index contributed by atoms with van der Waals surface area (Å²) in [5, 5.41) is 12.2. The van der Waals surface area contributed by atoms with E-state index in [4.69, 9.17) is 0 Å². The summed E-state index contributed by atoms with van der Waals surface area (Å²) in [5.74, 6) is 0.248. The standard InChI is InChI=1S/C10H8O2S/c11-4-3-7-6-13-10-2-1-8(12)5-9(7)10/h1-2,4-6,12H,3H2. The smallest absolute Gasteiger partial charge is 0.124 e. The highest BCUT2D eigenvalue weighted by atomic mass is 32.1. The van der Waals surface area contributed by atoms with E-state index in [1.54, 1.807) is 23.5 Å². The van der Waals surface area contributed by atoms with Crippen LogP contribution in [0.4, 0.5) is 0 Å². The molecule has 1 aromatic carbocycles. The van der Waals surface area contributed by atoms with Crippen LogP contribution in [0, 0.1) is 0 Å². The zero-order valence-electron chi connectivity index (χ0n) is 6.86. The lowest BCUT2D eigenvalue weighted by molar-refractivity contribution is -0.107. The third-order valence-electron chi connectivity index (χ3n) is 1.94. The second-order valence-corrected chi connectivity index (χ2v) is 3.72. The van der Waals surface area contributed by atoms with E-state index < -0.39 is 0 Å². The first-order valence-electron chi connectivity index (χ1n) is 3.94. The van der Waals surface area contributed by atoms with Crippen LogP contribution in [0.25, 0.3) is 10.1 Å². The number of carbonyl (C=O) groups is 1. The minimum absolute atomic E-state index is 0.248. The molecule has 1 N–H and O–H groups in total. The largest absolute Gasteiger partial charge is 0.508 e. The zero-order chi connectivity index (χ0) is 9.26. The SMILES string of the molecule is O=CCc1csc2ccc(O)cc12. The fourth-order valence-electron chi connectivity index (χ4n) is 1.32. The summed E-state index contributed by atoms with van der Waals surface area (Å²) in [7, 11) is 0. The number of carbonyl (C=O) groups excluding carboxylic acids is 1. The van der Waals surface area contributed by atoms with E-state index in [0.717, 1.165) is 21.9 Å². The number of phenols is 1. The van der Waals surface area contributed by atoms with Gasteiger partial charge in [-0.3, -0.25) is 0 Å². The molecule has 13 heavy (non-hydrogen) atoms. The molecule has 0 atom stereocenters. The summed E-state index contributed by atoms with van der Waals surface area (Å²) < 4.78 is 1.11. The number of thiophene rings is 1. The number of aromatic hydroxyl groups is 1. The first kappa shape index (κ1) is 8.26. The van der Waals surface area contributed by atoms with Gasteiger partial charge in [-0.05, 0) is 34.5 Å². The van der Waals surface area contributed by atoms with Crippen LogP contribution in [0.5, 0.6) is 5.75 Å². The summed E-state index contributed by atoms with van der Waals surface area (Å²) in [5.41, 5.74) is 0.992. The molecule has 0 spiro atoms. The van der Waals surface area contributed by atoms with E-state index in [0.29, 0.717) is 6.42 Å². The number of benzene rings is 1. The van der Waals surface area contributed by atoms with Gasteiger partial charge in [-0.1, -0.05) is 0 Å². The van der Waals surface area contributed by atoms with E-state index in [9.17, 15) is 9.90 Å². The monoisotopic (exact) mass is 192 g/mol. The Hall–Kier alpha value is -1.35. The maximum Gasteiger partial charge on any atom is 0.124 e. The Kier molecular flexibility index (Phi) is 2.02. The summed E-state index contributed by atoms with van der Waals surface area (Å²) in [6, 6.07) is 5.22. The molecule has 0 aliphatic carbocycles. The fourth-order valence-corrected chi connectivity index (χ4v) is 2.27. The van der Waals surface area contributed by atoms with Gasteiger partial charge in [0.25, 0.3) is 0 Å². The zero-order valence-corrected chi connectivity index (χ0v) is 7.67. The number of hydrogen-bond acceptors (Lipinski definition) is 3. The van der Waals surface area contributed by atoms with Gasteiger partial charge in [0.15, 0.2) is 0 Å². The maximum atomic E-state index is 10.3. The van der Waals surface area contributed by atoms with Crippen LogP contribution in [-0.2, 0) is 11.2 Å². The molecule has 0 amide bonds. The minimum Gasteiger partial charge on any atom is -0.508 e. The van der Waals surface area contributed by atoms with Gasteiger partial charge in [-0.2, -0.15) is 0 Å². The normalized spacial score (nSPS) is 10.5. The number of fused-ring (bicyclic) bond motifs is 1. The minimum atomic E-state index is 0.248. The second kappa shape index (κ2) is 3.18. The highest BCUT2D eigenvalue weighted by Crippen LogP contribution is 2.28. The molecule has 1 aromatic heterocycles. The van der Waals surface area contributed by atoms with E-state index in [2.05, 4.69) is 0 Å². The van der Waals surface area contributed by atoms with Crippen molar-refractivity contribution in [3.8, 4) is 5.75 Å². The predicted molar refractivity (Wildman–Crippen MR) is 53.3 cm³/mol. The Morgan fingerprint density at radius 2 is 2.31 bits per heavy atom. The van der Waals surface area contributed by atoms with Crippen LogP contribution in [-0.4, -0.2) is 11.4 Å². The molecule has 2 aromatic rings. The van der Waals surface area contributed by atoms with E-state index in [-0.39, 0.29) is 5.75 Å². The Bertz CT molecular complexity index is 445. The van der Waals surface area contributed by atoms with Crippen molar-refractivity contribution in [1.29, 1.82) is 0 Å². The van der Waals surface area contributed by atoms with Gasteiger partial charge in [0, 0.05) is 11.1 Å². The molecule has 0 fully saturated rings. The summed E-state index contributed by atoms with van der Waals surface area (Å²) in [6.45, 7) is 0. The molecule has 0 aliphatic rings. The molecule has 0 saturated carbocycles. The van der Waals surface area contributed by atoms with Crippen molar-refractivity contribution in [2.75, 3.05) is 0 Å². The number of hydrogen-bond donors (Lipinski definition) is 1. The molecule has 0 aliphatic heterocycles. The molecular weight excluding hydrogens is 184 g/mol.